The third-order valence-electron chi connectivity index (χ3n) is 4.13. The van der Waals surface area contributed by atoms with Gasteiger partial charge in [0, 0.05) is 6.04 Å². The number of carboxylic acids is 1. The minimum Gasteiger partial charge on any atom is -0.480 e. The summed E-state index contributed by atoms with van der Waals surface area (Å²) < 4.78 is 0. The van der Waals surface area contributed by atoms with Crippen LogP contribution in [0, 0.1) is 5.92 Å². The van der Waals surface area contributed by atoms with Gasteiger partial charge >= 0.3 is 5.97 Å². The Morgan fingerprint density at radius 1 is 1.30 bits per heavy atom. The normalized spacial score (nSPS) is 23.4. The summed E-state index contributed by atoms with van der Waals surface area (Å²) in [6.07, 6.45) is 4.49. The van der Waals surface area contributed by atoms with Crippen LogP contribution in [0.1, 0.15) is 53.4 Å². The third kappa shape index (κ3) is 4.20. The molecule has 116 valence electrons. The molecule has 0 aliphatic carbocycles. The number of nitrogens with zero attached hydrogens (tertiary/aromatic N) is 1. The van der Waals surface area contributed by atoms with E-state index in [1.54, 1.807) is 0 Å². The molecule has 1 heterocycles. The molecule has 3 unspecified atom stereocenters. The van der Waals surface area contributed by atoms with Crippen molar-refractivity contribution in [1.29, 1.82) is 0 Å². The first-order valence-corrected chi connectivity index (χ1v) is 7.67. The molecule has 0 bridgehead atoms. The Hall–Kier alpha value is -1.10. The van der Waals surface area contributed by atoms with E-state index < -0.39 is 12.0 Å². The molecule has 0 spiro atoms. The highest BCUT2D eigenvalue weighted by Gasteiger charge is 2.35. The SMILES string of the molecule is CCC1CCCCN1C(C(=O)NC(C)C(=O)O)C(C)C. The van der Waals surface area contributed by atoms with E-state index in [4.69, 9.17) is 5.11 Å². The lowest BCUT2D eigenvalue weighted by atomic mass is 9.92. The molecule has 20 heavy (non-hydrogen) atoms. The molecule has 3 atom stereocenters. The maximum Gasteiger partial charge on any atom is 0.325 e. The van der Waals surface area contributed by atoms with Gasteiger partial charge in [0.05, 0.1) is 6.04 Å². The summed E-state index contributed by atoms with van der Waals surface area (Å²) in [5.41, 5.74) is 0. The van der Waals surface area contributed by atoms with Crippen LogP contribution in [0.25, 0.3) is 0 Å². The van der Waals surface area contributed by atoms with E-state index in [-0.39, 0.29) is 17.9 Å². The van der Waals surface area contributed by atoms with Gasteiger partial charge in [0.15, 0.2) is 0 Å². The van der Waals surface area contributed by atoms with E-state index in [0.717, 1.165) is 25.8 Å². The largest absolute Gasteiger partial charge is 0.480 e. The van der Waals surface area contributed by atoms with Crippen molar-refractivity contribution in [3.8, 4) is 0 Å². The van der Waals surface area contributed by atoms with E-state index in [2.05, 4.69) is 17.1 Å². The standard InChI is InChI=1S/C15H28N2O3/c1-5-12-8-6-7-9-17(12)13(10(2)3)14(18)16-11(4)15(19)20/h10-13H,5-9H2,1-4H3,(H,16,18)(H,19,20). The fraction of sp³-hybridized carbons (Fsp3) is 0.867. The summed E-state index contributed by atoms with van der Waals surface area (Å²) in [6.45, 7) is 8.63. The first kappa shape index (κ1) is 17.0. The van der Waals surface area contributed by atoms with Gasteiger partial charge in [-0.05, 0) is 38.6 Å². The fourth-order valence-electron chi connectivity index (χ4n) is 3.02. The highest BCUT2D eigenvalue weighted by Crippen LogP contribution is 2.25. The number of hydrogen-bond donors (Lipinski definition) is 2. The average molecular weight is 284 g/mol. The van der Waals surface area contributed by atoms with Gasteiger partial charge in [0.25, 0.3) is 0 Å². The van der Waals surface area contributed by atoms with Gasteiger partial charge in [-0.2, -0.15) is 0 Å². The molecular formula is C15H28N2O3. The first-order chi connectivity index (χ1) is 9.38. The summed E-state index contributed by atoms with van der Waals surface area (Å²) in [5.74, 6) is -0.982. The number of carbonyl (C=O) groups excluding carboxylic acids is 1. The number of aliphatic carboxylic acids is 1. The zero-order chi connectivity index (χ0) is 15.3. The number of hydrogen-bond acceptors (Lipinski definition) is 3. The summed E-state index contributed by atoms with van der Waals surface area (Å²) in [5, 5.41) is 11.6. The van der Waals surface area contributed by atoms with Crippen LogP contribution in [-0.2, 0) is 9.59 Å². The number of nitrogens with one attached hydrogen (secondary N) is 1. The fourth-order valence-corrected chi connectivity index (χ4v) is 3.02. The molecule has 5 nitrogen and oxygen atoms in total. The molecule has 1 fully saturated rings. The molecule has 0 aromatic rings. The van der Waals surface area contributed by atoms with Crippen molar-refractivity contribution in [2.24, 2.45) is 5.92 Å². The average Bonchev–Trinajstić information content (AvgIpc) is 2.38. The number of carbonyl (C=O) groups is 2. The molecule has 0 aromatic heterocycles. The number of likely N-dealkylation sites (tertiary alicyclic amines) is 1. The van der Waals surface area contributed by atoms with Crippen molar-refractivity contribution in [3.05, 3.63) is 0 Å². The van der Waals surface area contributed by atoms with Gasteiger partial charge in [-0.3, -0.25) is 14.5 Å². The predicted octanol–water partition coefficient (Wildman–Crippen LogP) is 1.86. The van der Waals surface area contributed by atoms with Crippen molar-refractivity contribution in [3.63, 3.8) is 0 Å². The second-order valence-electron chi connectivity index (χ2n) is 6.05. The van der Waals surface area contributed by atoms with E-state index in [1.807, 2.05) is 13.8 Å². The minimum absolute atomic E-state index is 0.157. The monoisotopic (exact) mass is 284 g/mol. The van der Waals surface area contributed by atoms with E-state index in [0.29, 0.717) is 6.04 Å². The van der Waals surface area contributed by atoms with Crippen LogP contribution >= 0.6 is 0 Å². The summed E-state index contributed by atoms with van der Waals surface area (Å²) >= 11 is 0. The number of carboxylic acid groups (broad SMARTS) is 1. The maximum atomic E-state index is 12.4. The molecule has 5 heteroatoms. The van der Waals surface area contributed by atoms with Crippen LogP contribution in [0.15, 0.2) is 0 Å². The smallest absolute Gasteiger partial charge is 0.325 e. The molecule has 1 amide bonds. The van der Waals surface area contributed by atoms with E-state index in [1.165, 1.54) is 13.3 Å². The highest BCUT2D eigenvalue weighted by atomic mass is 16.4. The summed E-state index contributed by atoms with van der Waals surface area (Å²) in [7, 11) is 0. The Balaban J connectivity index is 2.81. The Bertz CT molecular complexity index is 344. The minimum atomic E-state index is -0.994. The predicted molar refractivity (Wildman–Crippen MR) is 78.5 cm³/mol. The van der Waals surface area contributed by atoms with Gasteiger partial charge in [-0.25, -0.2) is 0 Å². The Labute approximate surface area is 121 Å². The van der Waals surface area contributed by atoms with Crippen molar-refractivity contribution < 1.29 is 14.7 Å². The van der Waals surface area contributed by atoms with Gasteiger partial charge in [0.2, 0.25) is 5.91 Å². The number of amides is 1. The lowest BCUT2D eigenvalue weighted by molar-refractivity contribution is -0.143. The zero-order valence-electron chi connectivity index (χ0n) is 13.1. The molecule has 1 saturated heterocycles. The van der Waals surface area contributed by atoms with Gasteiger partial charge in [-0.15, -0.1) is 0 Å². The van der Waals surface area contributed by atoms with Crippen LogP contribution in [-0.4, -0.2) is 46.6 Å². The van der Waals surface area contributed by atoms with Crippen molar-refractivity contribution in [2.75, 3.05) is 6.54 Å². The van der Waals surface area contributed by atoms with Crippen LogP contribution in [0.2, 0.25) is 0 Å². The molecule has 1 rings (SSSR count). The van der Waals surface area contributed by atoms with E-state index >= 15 is 0 Å². The Kier molecular flexibility index (Phi) is 6.46. The lowest BCUT2D eigenvalue weighted by Gasteiger charge is -2.42. The molecule has 0 saturated carbocycles. The van der Waals surface area contributed by atoms with Gasteiger partial charge in [0.1, 0.15) is 6.04 Å². The first-order valence-electron chi connectivity index (χ1n) is 7.67. The van der Waals surface area contributed by atoms with Crippen LogP contribution < -0.4 is 5.32 Å². The summed E-state index contributed by atoms with van der Waals surface area (Å²) in [6, 6.07) is -0.641. The molecule has 1 aliphatic rings. The second kappa shape index (κ2) is 7.62. The maximum absolute atomic E-state index is 12.4. The number of piperidine rings is 1. The molecule has 2 N–H and O–H groups in total. The lowest BCUT2D eigenvalue weighted by Crippen LogP contribution is -2.57. The van der Waals surface area contributed by atoms with Crippen LogP contribution in [0.3, 0.4) is 0 Å². The summed E-state index contributed by atoms with van der Waals surface area (Å²) in [4.78, 5) is 25.6. The molecular weight excluding hydrogens is 256 g/mol. The quantitative estimate of drug-likeness (QED) is 0.781. The second-order valence-corrected chi connectivity index (χ2v) is 6.05. The molecule has 1 aliphatic heterocycles. The number of rotatable bonds is 6. The van der Waals surface area contributed by atoms with Crippen LogP contribution in [0.5, 0.6) is 0 Å². The zero-order valence-corrected chi connectivity index (χ0v) is 13.1. The third-order valence-corrected chi connectivity index (χ3v) is 4.13. The van der Waals surface area contributed by atoms with Gasteiger partial charge in [-0.1, -0.05) is 27.2 Å². The van der Waals surface area contributed by atoms with Crippen molar-refractivity contribution >= 4 is 11.9 Å². The van der Waals surface area contributed by atoms with E-state index in [9.17, 15) is 9.59 Å². The molecule has 0 radical (unpaired) electrons. The molecule has 0 aromatic carbocycles. The Morgan fingerprint density at radius 3 is 2.45 bits per heavy atom. The topological polar surface area (TPSA) is 69.6 Å². The highest BCUT2D eigenvalue weighted by molar-refractivity contribution is 5.86. The van der Waals surface area contributed by atoms with Crippen molar-refractivity contribution in [1.82, 2.24) is 10.2 Å². The van der Waals surface area contributed by atoms with Crippen molar-refractivity contribution in [2.45, 2.75) is 71.5 Å². The van der Waals surface area contributed by atoms with Gasteiger partial charge < -0.3 is 10.4 Å². The van der Waals surface area contributed by atoms with Crippen LogP contribution in [0.4, 0.5) is 0 Å². The Morgan fingerprint density at radius 2 is 1.95 bits per heavy atom.